The van der Waals surface area contributed by atoms with Gasteiger partial charge in [0.15, 0.2) is 0 Å². The fraction of sp³-hybridized carbons (Fsp3) is 0.571. The van der Waals surface area contributed by atoms with E-state index in [0.717, 1.165) is 6.07 Å². The smallest absolute Gasteiger partial charge is 0.293 e. The van der Waals surface area contributed by atoms with Crippen molar-refractivity contribution in [3.63, 3.8) is 0 Å². The van der Waals surface area contributed by atoms with Gasteiger partial charge in [0.2, 0.25) is 10.0 Å². The van der Waals surface area contributed by atoms with Gasteiger partial charge in [-0.05, 0) is 26.1 Å². The molecule has 1 aromatic carbocycles. The summed E-state index contributed by atoms with van der Waals surface area (Å²) in [6.07, 6.45) is -0.682. The molecule has 24 heavy (non-hydrogen) atoms. The molecule has 9 nitrogen and oxygen atoms in total. The van der Waals surface area contributed by atoms with E-state index in [-0.39, 0.29) is 22.8 Å². The molecule has 0 spiro atoms. The Kier molecular flexibility index (Phi) is 5.75. The van der Waals surface area contributed by atoms with E-state index >= 15 is 0 Å². The van der Waals surface area contributed by atoms with E-state index < -0.39 is 21.1 Å². The number of piperazine rings is 1. The minimum atomic E-state index is -3.76. The number of aliphatic hydroxyl groups is 1. The third-order valence-electron chi connectivity index (χ3n) is 3.85. The molecule has 0 saturated carbocycles. The largest absolute Gasteiger partial charge is 0.392 e. The zero-order chi connectivity index (χ0) is 17.9. The molecule has 1 aliphatic rings. The first kappa shape index (κ1) is 18.6. The number of aliphatic hydroxyl groups excluding tert-OH is 1. The number of rotatable bonds is 6. The Hall–Kier alpha value is -1.75. The fourth-order valence-electron chi connectivity index (χ4n) is 2.41. The highest BCUT2D eigenvalue weighted by atomic mass is 32.2. The van der Waals surface area contributed by atoms with Crippen LogP contribution in [-0.2, 0) is 10.0 Å². The average molecular weight is 358 g/mol. The van der Waals surface area contributed by atoms with Crippen molar-refractivity contribution < 1.29 is 18.4 Å². The van der Waals surface area contributed by atoms with Crippen LogP contribution >= 0.6 is 0 Å². The van der Waals surface area contributed by atoms with E-state index in [9.17, 15) is 23.6 Å². The monoisotopic (exact) mass is 358 g/mol. The van der Waals surface area contributed by atoms with Gasteiger partial charge < -0.3 is 15.3 Å². The summed E-state index contributed by atoms with van der Waals surface area (Å²) < 4.78 is 26.7. The van der Waals surface area contributed by atoms with Crippen molar-refractivity contribution >= 4 is 21.4 Å². The van der Waals surface area contributed by atoms with Gasteiger partial charge in [-0.1, -0.05) is 0 Å². The van der Waals surface area contributed by atoms with Crippen molar-refractivity contribution in [2.75, 3.05) is 45.1 Å². The molecule has 1 atom stereocenters. The van der Waals surface area contributed by atoms with Crippen LogP contribution in [0.1, 0.15) is 6.92 Å². The number of likely N-dealkylation sites (N-methyl/N-ethyl adjacent to an activating group) is 1. The maximum Gasteiger partial charge on any atom is 0.293 e. The molecule has 134 valence electrons. The van der Waals surface area contributed by atoms with Crippen molar-refractivity contribution in [3.05, 3.63) is 28.3 Å². The lowest BCUT2D eigenvalue weighted by Crippen LogP contribution is -2.47. The molecule has 2 rings (SSSR count). The summed E-state index contributed by atoms with van der Waals surface area (Å²) in [5.41, 5.74) is -0.149. The van der Waals surface area contributed by atoms with E-state index in [0.29, 0.717) is 26.2 Å². The summed E-state index contributed by atoms with van der Waals surface area (Å²) in [5, 5.41) is 23.3. The normalized spacial score (nSPS) is 18.3. The number of nitro groups is 1. The van der Waals surface area contributed by atoms with E-state index in [1.54, 1.807) is 6.92 Å². The first-order valence-electron chi connectivity index (χ1n) is 7.61. The Bertz CT molecular complexity index is 699. The quantitative estimate of drug-likeness (QED) is 0.556. The lowest BCUT2D eigenvalue weighted by atomic mass is 10.2. The van der Waals surface area contributed by atoms with Gasteiger partial charge in [0.25, 0.3) is 5.69 Å². The molecule has 1 heterocycles. The first-order valence-corrected chi connectivity index (χ1v) is 9.05. The van der Waals surface area contributed by atoms with Crippen LogP contribution in [-0.4, -0.2) is 73.5 Å². The highest BCUT2D eigenvalue weighted by Gasteiger charge is 2.29. The van der Waals surface area contributed by atoms with E-state index in [1.165, 1.54) is 16.4 Å². The highest BCUT2D eigenvalue weighted by molar-refractivity contribution is 7.89. The van der Waals surface area contributed by atoms with Gasteiger partial charge in [-0.15, -0.1) is 0 Å². The molecule has 1 aliphatic heterocycles. The van der Waals surface area contributed by atoms with E-state index in [2.05, 4.69) is 5.32 Å². The highest BCUT2D eigenvalue weighted by Crippen LogP contribution is 2.29. The molecule has 0 amide bonds. The molecular formula is C14H22N4O5S. The third-order valence-corrected chi connectivity index (χ3v) is 5.75. The van der Waals surface area contributed by atoms with Crippen LogP contribution in [0.25, 0.3) is 0 Å². The number of anilines is 1. The maximum absolute atomic E-state index is 12.7. The Morgan fingerprint density at radius 2 is 1.96 bits per heavy atom. The van der Waals surface area contributed by atoms with Gasteiger partial charge >= 0.3 is 0 Å². The number of hydrogen-bond donors (Lipinski definition) is 2. The Morgan fingerprint density at radius 3 is 2.50 bits per heavy atom. The molecule has 1 fully saturated rings. The molecule has 2 N–H and O–H groups in total. The van der Waals surface area contributed by atoms with Crippen LogP contribution in [0.4, 0.5) is 11.4 Å². The summed E-state index contributed by atoms with van der Waals surface area (Å²) in [6, 6.07) is 3.78. The zero-order valence-corrected chi connectivity index (χ0v) is 14.5. The molecule has 0 aromatic heterocycles. The van der Waals surface area contributed by atoms with Crippen molar-refractivity contribution in [1.82, 2.24) is 9.21 Å². The number of hydrogen-bond acceptors (Lipinski definition) is 7. The summed E-state index contributed by atoms with van der Waals surface area (Å²) in [6.45, 7) is 3.63. The van der Waals surface area contributed by atoms with Gasteiger partial charge in [0.05, 0.1) is 15.9 Å². The summed E-state index contributed by atoms with van der Waals surface area (Å²) in [7, 11) is -1.85. The van der Waals surface area contributed by atoms with Crippen molar-refractivity contribution in [3.8, 4) is 0 Å². The van der Waals surface area contributed by atoms with Crippen LogP contribution in [0.3, 0.4) is 0 Å². The lowest BCUT2D eigenvalue weighted by Gasteiger charge is -2.31. The minimum absolute atomic E-state index is 0.0960. The lowest BCUT2D eigenvalue weighted by molar-refractivity contribution is -0.384. The predicted molar refractivity (Wildman–Crippen MR) is 89.5 cm³/mol. The number of nitrogens with zero attached hydrogens (tertiary/aromatic N) is 3. The number of benzene rings is 1. The van der Waals surface area contributed by atoms with Gasteiger partial charge in [-0.3, -0.25) is 10.1 Å². The molecule has 10 heteroatoms. The van der Waals surface area contributed by atoms with Crippen molar-refractivity contribution in [1.29, 1.82) is 0 Å². The van der Waals surface area contributed by atoms with Gasteiger partial charge in [-0.2, -0.15) is 4.31 Å². The number of sulfonamides is 1. The molecule has 0 aliphatic carbocycles. The standard InChI is InChI=1S/C14H22N4O5S/c1-11(19)10-15-13-4-3-12(9-14(13)18(20)21)24(22,23)17-7-5-16(2)6-8-17/h3-4,9,11,15,19H,5-8,10H2,1-2H3/t11-/m1/s1. The molecule has 0 unspecified atom stereocenters. The molecule has 0 bridgehead atoms. The van der Waals surface area contributed by atoms with Crippen molar-refractivity contribution in [2.24, 2.45) is 0 Å². The van der Waals surface area contributed by atoms with Crippen molar-refractivity contribution in [2.45, 2.75) is 17.9 Å². The summed E-state index contributed by atoms with van der Waals surface area (Å²) >= 11 is 0. The molecular weight excluding hydrogens is 336 g/mol. The molecule has 0 radical (unpaired) electrons. The average Bonchev–Trinajstić information content (AvgIpc) is 2.53. The SMILES string of the molecule is C[C@@H](O)CNc1ccc(S(=O)(=O)N2CCN(C)CC2)cc1[N+](=O)[O-]. The minimum Gasteiger partial charge on any atom is -0.392 e. The number of nitro benzene ring substituents is 1. The Morgan fingerprint density at radius 1 is 1.33 bits per heavy atom. The van der Waals surface area contributed by atoms with Gasteiger partial charge in [0.1, 0.15) is 5.69 Å². The van der Waals surface area contributed by atoms with E-state index in [1.807, 2.05) is 11.9 Å². The summed E-state index contributed by atoms with van der Waals surface area (Å²) in [5.74, 6) is 0. The van der Waals surface area contributed by atoms with Crippen LogP contribution in [0.2, 0.25) is 0 Å². The molecule has 1 saturated heterocycles. The van der Waals surface area contributed by atoms with Gasteiger partial charge in [0, 0.05) is 38.8 Å². The topological polar surface area (TPSA) is 116 Å². The first-order chi connectivity index (χ1) is 11.2. The van der Waals surface area contributed by atoms with E-state index in [4.69, 9.17) is 0 Å². The Balaban J connectivity index is 2.30. The second kappa shape index (κ2) is 7.43. The predicted octanol–water partition coefficient (Wildman–Crippen LogP) is 0.324. The zero-order valence-electron chi connectivity index (χ0n) is 13.7. The number of nitrogens with one attached hydrogen (secondary N) is 1. The van der Waals surface area contributed by atoms with Crippen LogP contribution < -0.4 is 5.32 Å². The Labute approximate surface area is 141 Å². The maximum atomic E-state index is 12.7. The summed E-state index contributed by atoms with van der Waals surface area (Å²) in [4.78, 5) is 12.6. The van der Waals surface area contributed by atoms with Crippen LogP contribution in [0, 0.1) is 10.1 Å². The molecule has 1 aromatic rings. The third kappa shape index (κ3) is 4.20. The second-order valence-corrected chi connectivity index (χ2v) is 7.81. The van der Waals surface area contributed by atoms with Gasteiger partial charge in [-0.25, -0.2) is 8.42 Å². The van der Waals surface area contributed by atoms with Crippen LogP contribution in [0.15, 0.2) is 23.1 Å². The van der Waals surface area contributed by atoms with Crippen LogP contribution in [0.5, 0.6) is 0 Å². The fourth-order valence-corrected chi connectivity index (χ4v) is 3.85. The second-order valence-electron chi connectivity index (χ2n) is 5.87.